The molecule has 0 amide bonds. The first-order chi connectivity index (χ1) is 8.65. The molecule has 0 N–H and O–H groups in total. The maximum atomic E-state index is 10.5. The van der Waals surface area contributed by atoms with Gasteiger partial charge in [-0.2, -0.15) is 0 Å². The Balaban J connectivity index is 1.97. The third kappa shape index (κ3) is 3.30. The fraction of sp³-hybridized carbons (Fsp3) is 0.0769. The van der Waals surface area contributed by atoms with Crippen LogP contribution in [0, 0.1) is 10.1 Å². The lowest BCUT2D eigenvalue weighted by Gasteiger charge is -2.05. The first kappa shape index (κ1) is 12.6. The second-order valence-electron chi connectivity index (χ2n) is 3.67. The van der Waals surface area contributed by atoms with Crippen LogP contribution in [0.1, 0.15) is 5.56 Å². The molecule has 0 radical (unpaired) electrons. The highest BCUT2D eigenvalue weighted by Crippen LogP contribution is 2.19. The zero-order valence-electron chi connectivity index (χ0n) is 9.38. The van der Waals surface area contributed by atoms with E-state index in [0.717, 1.165) is 10.0 Å². The highest BCUT2D eigenvalue weighted by atomic mass is 79.9. The van der Waals surface area contributed by atoms with Crippen LogP contribution < -0.4 is 4.74 Å². The molecule has 4 nitrogen and oxygen atoms in total. The van der Waals surface area contributed by atoms with Crippen LogP contribution in [0.2, 0.25) is 0 Å². The number of ether oxygens (including phenoxy) is 1. The smallest absolute Gasteiger partial charge is 0.269 e. The van der Waals surface area contributed by atoms with Crippen LogP contribution in [0.25, 0.3) is 0 Å². The zero-order valence-corrected chi connectivity index (χ0v) is 11.0. The van der Waals surface area contributed by atoms with Gasteiger partial charge in [-0.1, -0.05) is 28.1 Å². The minimum absolute atomic E-state index is 0.0611. The summed E-state index contributed by atoms with van der Waals surface area (Å²) >= 11 is 3.36. The summed E-state index contributed by atoms with van der Waals surface area (Å²) in [7, 11) is 0. The molecule has 0 atom stereocenters. The molecule has 0 fully saturated rings. The number of non-ortho nitro benzene ring substituents is 1. The maximum Gasteiger partial charge on any atom is 0.269 e. The van der Waals surface area contributed by atoms with Gasteiger partial charge in [0.25, 0.3) is 5.69 Å². The Bertz CT molecular complexity index is 537. The van der Waals surface area contributed by atoms with Crippen molar-refractivity contribution >= 4 is 21.6 Å². The highest BCUT2D eigenvalue weighted by Gasteiger charge is 2.04. The summed E-state index contributed by atoms with van der Waals surface area (Å²) in [6.07, 6.45) is 0. The van der Waals surface area contributed by atoms with Crippen LogP contribution in [0.5, 0.6) is 5.75 Å². The maximum absolute atomic E-state index is 10.5. The van der Waals surface area contributed by atoms with Crippen LogP contribution in [0.4, 0.5) is 5.69 Å². The molecule has 0 saturated heterocycles. The van der Waals surface area contributed by atoms with Crippen molar-refractivity contribution in [3.05, 3.63) is 68.7 Å². The van der Waals surface area contributed by atoms with Crippen molar-refractivity contribution in [3.8, 4) is 5.75 Å². The number of hydrogen-bond acceptors (Lipinski definition) is 3. The van der Waals surface area contributed by atoms with Crippen molar-refractivity contribution in [2.75, 3.05) is 0 Å². The van der Waals surface area contributed by atoms with E-state index in [2.05, 4.69) is 15.9 Å². The number of nitrogens with zero attached hydrogens (tertiary/aromatic N) is 1. The van der Waals surface area contributed by atoms with Gasteiger partial charge in [0.1, 0.15) is 12.4 Å². The molecule has 2 rings (SSSR count). The van der Waals surface area contributed by atoms with Crippen molar-refractivity contribution < 1.29 is 9.66 Å². The van der Waals surface area contributed by atoms with Gasteiger partial charge >= 0.3 is 0 Å². The summed E-state index contributed by atoms with van der Waals surface area (Å²) in [6, 6.07) is 13.8. The molecule has 18 heavy (non-hydrogen) atoms. The lowest BCUT2D eigenvalue weighted by molar-refractivity contribution is -0.384. The van der Waals surface area contributed by atoms with Gasteiger partial charge in [0.15, 0.2) is 0 Å². The Hall–Kier alpha value is -1.88. The average molecular weight is 308 g/mol. The van der Waals surface area contributed by atoms with Crippen LogP contribution >= 0.6 is 15.9 Å². The second kappa shape index (κ2) is 5.64. The van der Waals surface area contributed by atoms with E-state index in [-0.39, 0.29) is 5.69 Å². The fourth-order valence-corrected chi connectivity index (χ4v) is 1.68. The number of nitro benzene ring substituents is 1. The van der Waals surface area contributed by atoms with E-state index in [4.69, 9.17) is 4.74 Å². The monoisotopic (exact) mass is 307 g/mol. The van der Waals surface area contributed by atoms with Crippen LogP contribution in [-0.2, 0) is 6.61 Å². The van der Waals surface area contributed by atoms with Crippen molar-refractivity contribution in [1.82, 2.24) is 0 Å². The molecule has 0 aromatic heterocycles. The standard InChI is InChI=1S/C13H10BrNO3/c14-11-3-1-10(2-4-11)9-18-13-7-5-12(6-8-13)15(16)17/h1-8H,9H2. The molecule has 92 valence electrons. The number of benzene rings is 2. The van der Waals surface area contributed by atoms with E-state index in [1.165, 1.54) is 12.1 Å². The summed E-state index contributed by atoms with van der Waals surface area (Å²) in [4.78, 5) is 10.1. The molecule has 0 aliphatic rings. The number of hydrogen-bond donors (Lipinski definition) is 0. The van der Waals surface area contributed by atoms with Gasteiger partial charge in [0.2, 0.25) is 0 Å². The van der Waals surface area contributed by atoms with Crippen LogP contribution in [-0.4, -0.2) is 4.92 Å². The third-order valence-corrected chi connectivity index (χ3v) is 2.89. The Morgan fingerprint density at radius 1 is 1.06 bits per heavy atom. The van der Waals surface area contributed by atoms with Crippen molar-refractivity contribution in [2.24, 2.45) is 0 Å². The van der Waals surface area contributed by atoms with E-state index in [1.54, 1.807) is 12.1 Å². The van der Waals surface area contributed by atoms with Gasteiger partial charge in [-0.3, -0.25) is 10.1 Å². The van der Waals surface area contributed by atoms with Gasteiger partial charge in [0.05, 0.1) is 4.92 Å². The molecule has 0 heterocycles. The van der Waals surface area contributed by atoms with Crippen molar-refractivity contribution in [1.29, 1.82) is 0 Å². The third-order valence-electron chi connectivity index (χ3n) is 2.37. The average Bonchev–Trinajstić information content (AvgIpc) is 2.38. The number of halogens is 1. The summed E-state index contributed by atoms with van der Waals surface area (Å²) < 4.78 is 6.54. The zero-order chi connectivity index (χ0) is 13.0. The minimum atomic E-state index is -0.432. The first-order valence-corrected chi connectivity index (χ1v) is 6.06. The van der Waals surface area contributed by atoms with E-state index in [0.29, 0.717) is 12.4 Å². The van der Waals surface area contributed by atoms with E-state index in [1.807, 2.05) is 24.3 Å². The van der Waals surface area contributed by atoms with Gasteiger partial charge < -0.3 is 4.74 Å². The van der Waals surface area contributed by atoms with Gasteiger partial charge in [-0.25, -0.2) is 0 Å². The number of nitro groups is 1. The highest BCUT2D eigenvalue weighted by molar-refractivity contribution is 9.10. The van der Waals surface area contributed by atoms with E-state index >= 15 is 0 Å². The molecular formula is C13H10BrNO3. The molecule has 2 aromatic rings. The molecule has 5 heteroatoms. The van der Waals surface area contributed by atoms with E-state index in [9.17, 15) is 10.1 Å². The van der Waals surface area contributed by atoms with Crippen LogP contribution in [0.3, 0.4) is 0 Å². The summed E-state index contributed by atoms with van der Waals surface area (Å²) in [5.74, 6) is 0.614. The predicted molar refractivity (Wildman–Crippen MR) is 71.6 cm³/mol. The number of rotatable bonds is 4. The Kier molecular flexibility index (Phi) is 3.94. The lowest BCUT2D eigenvalue weighted by Crippen LogP contribution is -1.95. The fourth-order valence-electron chi connectivity index (χ4n) is 1.41. The first-order valence-electron chi connectivity index (χ1n) is 5.27. The van der Waals surface area contributed by atoms with E-state index < -0.39 is 4.92 Å². The summed E-state index contributed by atoms with van der Waals surface area (Å²) in [5.41, 5.74) is 1.10. The molecule has 0 aliphatic carbocycles. The normalized spacial score (nSPS) is 10.1. The molecule has 0 spiro atoms. The second-order valence-corrected chi connectivity index (χ2v) is 4.58. The Morgan fingerprint density at radius 2 is 1.67 bits per heavy atom. The molecule has 0 bridgehead atoms. The van der Waals surface area contributed by atoms with Gasteiger partial charge in [-0.05, 0) is 29.8 Å². The SMILES string of the molecule is O=[N+]([O-])c1ccc(OCc2ccc(Br)cc2)cc1. The van der Waals surface area contributed by atoms with Crippen molar-refractivity contribution in [2.45, 2.75) is 6.61 Å². The molecule has 2 aromatic carbocycles. The minimum Gasteiger partial charge on any atom is -0.489 e. The largest absolute Gasteiger partial charge is 0.489 e. The van der Waals surface area contributed by atoms with Crippen LogP contribution in [0.15, 0.2) is 53.0 Å². The summed E-state index contributed by atoms with van der Waals surface area (Å²) in [5, 5.41) is 10.5. The van der Waals surface area contributed by atoms with Crippen molar-refractivity contribution in [3.63, 3.8) is 0 Å². The van der Waals surface area contributed by atoms with Gasteiger partial charge in [0, 0.05) is 16.6 Å². The Morgan fingerprint density at radius 3 is 2.22 bits per heavy atom. The topological polar surface area (TPSA) is 52.4 Å². The summed E-state index contributed by atoms with van der Waals surface area (Å²) in [6.45, 7) is 0.436. The molecular weight excluding hydrogens is 298 g/mol. The molecule has 0 unspecified atom stereocenters. The molecule has 0 aliphatic heterocycles. The quantitative estimate of drug-likeness (QED) is 0.635. The predicted octanol–water partition coefficient (Wildman–Crippen LogP) is 3.94. The van der Waals surface area contributed by atoms with Gasteiger partial charge in [-0.15, -0.1) is 0 Å². The molecule has 0 saturated carbocycles. The Labute approximate surface area is 112 Å². The lowest BCUT2D eigenvalue weighted by atomic mass is 10.2.